The summed E-state index contributed by atoms with van der Waals surface area (Å²) < 4.78 is 5.11. The first-order chi connectivity index (χ1) is 10.3. The molecule has 3 aromatic rings. The van der Waals surface area contributed by atoms with Gasteiger partial charge in [-0.05, 0) is 42.5 Å². The SMILES string of the molecule is O=C(/C=C/c1ccco1)Nc1ccc(-c2ncn[nH]2)cc1. The second-order valence-corrected chi connectivity index (χ2v) is 4.25. The fraction of sp³-hybridized carbons (Fsp3) is 0. The molecule has 0 aliphatic carbocycles. The maximum Gasteiger partial charge on any atom is 0.248 e. The molecule has 2 aromatic heterocycles. The third-order valence-corrected chi connectivity index (χ3v) is 2.78. The summed E-state index contributed by atoms with van der Waals surface area (Å²) in [5, 5.41) is 9.34. The number of aromatic amines is 1. The van der Waals surface area contributed by atoms with Crippen LogP contribution in [-0.2, 0) is 4.79 Å². The Labute approximate surface area is 120 Å². The average molecular weight is 280 g/mol. The van der Waals surface area contributed by atoms with Gasteiger partial charge in [0.25, 0.3) is 0 Å². The van der Waals surface area contributed by atoms with Gasteiger partial charge in [0, 0.05) is 17.3 Å². The number of hydrogen-bond acceptors (Lipinski definition) is 4. The highest BCUT2D eigenvalue weighted by Crippen LogP contribution is 2.17. The van der Waals surface area contributed by atoms with Crippen molar-refractivity contribution in [3.8, 4) is 11.4 Å². The fourth-order valence-corrected chi connectivity index (χ4v) is 1.78. The van der Waals surface area contributed by atoms with Crippen molar-refractivity contribution in [1.82, 2.24) is 15.2 Å². The van der Waals surface area contributed by atoms with Crippen molar-refractivity contribution in [1.29, 1.82) is 0 Å². The van der Waals surface area contributed by atoms with Crippen LogP contribution in [0.5, 0.6) is 0 Å². The van der Waals surface area contributed by atoms with Crippen LogP contribution in [0.4, 0.5) is 5.69 Å². The van der Waals surface area contributed by atoms with Gasteiger partial charge >= 0.3 is 0 Å². The molecule has 1 amide bonds. The number of hydrogen-bond donors (Lipinski definition) is 2. The molecule has 104 valence electrons. The van der Waals surface area contributed by atoms with E-state index in [0.29, 0.717) is 17.3 Å². The van der Waals surface area contributed by atoms with E-state index < -0.39 is 0 Å². The van der Waals surface area contributed by atoms with E-state index >= 15 is 0 Å². The van der Waals surface area contributed by atoms with Gasteiger partial charge < -0.3 is 9.73 Å². The van der Waals surface area contributed by atoms with Crippen molar-refractivity contribution in [3.63, 3.8) is 0 Å². The lowest BCUT2D eigenvalue weighted by Crippen LogP contribution is -2.07. The van der Waals surface area contributed by atoms with Crippen LogP contribution in [0.1, 0.15) is 5.76 Å². The highest BCUT2D eigenvalue weighted by Gasteiger charge is 2.02. The Morgan fingerprint density at radius 1 is 1.24 bits per heavy atom. The molecule has 0 unspecified atom stereocenters. The van der Waals surface area contributed by atoms with Crippen LogP contribution in [0, 0.1) is 0 Å². The minimum Gasteiger partial charge on any atom is -0.465 e. The molecule has 2 heterocycles. The summed E-state index contributed by atoms with van der Waals surface area (Å²) in [6, 6.07) is 10.8. The van der Waals surface area contributed by atoms with E-state index in [2.05, 4.69) is 20.5 Å². The van der Waals surface area contributed by atoms with E-state index in [1.807, 2.05) is 12.1 Å². The zero-order valence-corrected chi connectivity index (χ0v) is 11.0. The number of H-pyrrole nitrogens is 1. The van der Waals surface area contributed by atoms with Crippen molar-refractivity contribution in [3.05, 3.63) is 60.8 Å². The fourth-order valence-electron chi connectivity index (χ4n) is 1.78. The minimum atomic E-state index is -0.223. The first-order valence-electron chi connectivity index (χ1n) is 6.29. The van der Waals surface area contributed by atoms with E-state index in [9.17, 15) is 4.79 Å². The molecule has 0 bridgehead atoms. The Kier molecular flexibility index (Phi) is 3.60. The molecule has 0 aliphatic rings. The number of nitrogens with zero attached hydrogens (tertiary/aromatic N) is 2. The molecule has 21 heavy (non-hydrogen) atoms. The second kappa shape index (κ2) is 5.87. The number of amides is 1. The molecule has 2 N–H and O–H groups in total. The van der Waals surface area contributed by atoms with Gasteiger partial charge in [0.1, 0.15) is 12.1 Å². The normalized spacial score (nSPS) is 10.9. The summed E-state index contributed by atoms with van der Waals surface area (Å²) in [6.07, 6.45) is 6.03. The van der Waals surface area contributed by atoms with Crippen molar-refractivity contribution in [2.75, 3.05) is 5.32 Å². The van der Waals surface area contributed by atoms with Gasteiger partial charge in [-0.25, -0.2) is 4.98 Å². The summed E-state index contributed by atoms with van der Waals surface area (Å²) in [7, 11) is 0. The Bertz CT molecular complexity index is 729. The first kappa shape index (κ1) is 12.9. The molecule has 0 fully saturated rings. The van der Waals surface area contributed by atoms with Crippen LogP contribution in [0.2, 0.25) is 0 Å². The number of nitrogens with one attached hydrogen (secondary N) is 2. The molecule has 6 nitrogen and oxygen atoms in total. The van der Waals surface area contributed by atoms with Gasteiger partial charge in [-0.1, -0.05) is 0 Å². The van der Waals surface area contributed by atoms with E-state index in [1.54, 1.807) is 36.6 Å². The van der Waals surface area contributed by atoms with E-state index in [4.69, 9.17) is 4.42 Å². The molecular weight excluding hydrogens is 268 g/mol. The van der Waals surface area contributed by atoms with Crippen LogP contribution in [0.15, 0.2) is 59.5 Å². The smallest absolute Gasteiger partial charge is 0.248 e. The Morgan fingerprint density at radius 3 is 2.76 bits per heavy atom. The molecule has 0 saturated carbocycles. The van der Waals surface area contributed by atoms with E-state index in [1.165, 1.54) is 12.4 Å². The van der Waals surface area contributed by atoms with Crippen molar-refractivity contribution in [2.24, 2.45) is 0 Å². The maximum absolute atomic E-state index is 11.8. The van der Waals surface area contributed by atoms with Gasteiger partial charge in [0.15, 0.2) is 5.82 Å². The number of rotatable bonds is 4. The maximum atomic E-state index is 11.8. The number of benzene rings is 1. The van der Waals surface area contributed by atoms with Crippen LogP contribution in [0.25, 0.3) is 17.5 Å². The summed E-state index contributed by atoms with van der Waals surface area (Å²) in [6.45, 7) is 0. The van der Waals surface area contributed by atoms with Crippen molar-refractivity contribution < 1.29 is 9.21 Å². The topological polar surface area (TPSA) is 83.8 Å². The van der Waals surface area contributed by atoms with Crippen LogP contribution in [0.3, 0.4) is 0 Å². The van der Waals surface area contributed by atoms with Crippen LogP contribution >= 0.6 is 0 Å². The third kappa shape index (κ3) is 3.24. The molecule has 0 radical (unpaired) electrons. The molecule has 1 aromatic carbocycles. The lowest BCUT2D eigenvalue weighted by atomic mass is 10.2. The predicted octanol–water partition coefficient (Wildman–Crippen LogP) is 2.72. The van der Waals surface area contributed by atoms with Crippen LogP contribution in [-0.4, -0.2) is 21.1 Å². The Morgan fingerprint density at radius 2 is 2.10 bits per heavy atom. The minimum absolute atomic E-state index is 0.223. The van der Waals surface area contributed by atoms with Gasteiger partial charge in [-0.2, -0.15) is 5.10 Å². The molecule has 0 spiro atoms. The molecule has 0 atom stereocenters. The predicted molar refractivity (Wildman–Crippen MR) is 78.2 cm³/mol. The number of anilines is 1. The third-order valence-electron chi connectivity index (χ3n) is 2.78. The van der Waals surface area contributed by atoms with Gasteiger partial charge in [-0.3, -0.25) is 9.89 Å². The quantitative estimate of drug-likeness (QED) is 0.720. The molecule has 6 heteroatoms. The highest BCUT2D eigenvalue weighted by molar-refractivity contribution is 6.01. The summed E-state index contributed by atoms with van der Waals surface area (Å²) in [5.41, 5.74) is 1.60. The summed E-state index contributed by atoms with van der Waals surface area (Å²) in [4.78, 5) is 15.8. The summed E-state index contributed by atoms with van der Waals surface area (Å²) >= 11 is 0. The zero-order chi connectivity index (χ0) is 14.5. The van der Waals surface area contributed by atoms with Gasteiger partial charge in [0.2, 0.25) is 5.91 Å². The lowest BCUT2D eigenvalue weighted by molar-refractivity contribution is -0.111. The average Bonchev–Trinajstić information content (AvgIpc) is 3.19. The van der Waals surface area contributed by atoms with Crippen molar-refractivity contribution in [2.45, 2.75) is 0 Å². The summed E-state index contributed by atoms with van der Waals surface area (Å²) in [5.74, 6) is 1.09. The molecule has 3 rings (SSSR count). The molecule has 0 aliphatic heterocycles. The second-order valence-electron chi connectivity index (χ2n) is 4.25. The Balaban J connectivity index is 1.64. The first-order valence-corrected chi connectivity index (χ1v) is 6.29. The van der Waals surface area contributed by atoms with Crippen molar-refractivity contribution >= 4 is 17.7 Å². The lowest BCUT2D eigenvalue weighted by Gasteiger charge is -2.02. The number of carbonyl (C=O) groups excluding carboxylic acids is 1. The Hall–Kier alpha value is -3.15. The van der Waals surface area contributed by atoms with Gasteiger partial charge in [-0.15, -0.1) is 0 Å². The number of carbonyl (C=O) groups is 1. The number of furan rings is 1. The number of aromatic nitrogens is 3. The van der Waals surface area contributed by atoms with E-state index in [-0.39, 0.29) is 5.91 Å². The monoisotopic (exact) mass is 280 g/mol. The molecule has 0 saturated heterocycles. The van der Waals surface area contributed by atoms with Gasteiger partial charge in [0.05, 0.1) is 6.26 Å². The standard InChI is InChI=1S/C15H12N4O2/c20-14(8-7-13-2-1-9-21-13)18-12-5-3-11(4-6-12)15-16-10-17-19-15/h1-10H,(H,18,20)(H,16,17,19)/b8-7+. The molecular formula is C15H12N4O2. The highest BCUT2D eigenvalue weighted by atomic mass is 16.3. The van der Waals surface area contributed by atoms with Crippen LogP contribution < -0.4 is 5.32 Å². The largest absolute Gasteiger partial charge is 0.465 e. The zero-order valence-electron chi connectivity index (χ0n) is 11.0. The van der Waals surface area contributed by atoms with E-state index in [0.717, 1.165) is 5.56 Å².